The lowest BCUT2D eigenvalue weighted by Gasteiger charge is -2.19. The van der Waals surface area contributed by atoms with Crippen molar-refractivity contribution in [3.63, 3.8) is 0 Å². The highest BCUT2D eigenvalue weighted by Gasteiger charge is 2.20. The molecule has 0 saturated heterocycles. The minimum atomic E-state index is -0.776. The van der Waals surface area contributed by atoms with Crippen LogP contribution in [0.1, 0.15) is 25.8 Å². The number of ether oxygens (including phenoxy) is 4. The molecular weight excluding hydrogens is 400 g/mol. The van der Waals surface area contributed by atoms with Crippen LogP contribution in [0.4, 0.5) is 0 Å². The summed E-state index contributed by atoms with van der Waals surface area (Å²) in [6.07, 6.45) is 2.19. The topological polar surface area (TPSA) is 84.2 Å². The second kappa shape index (κ2) is 8.71. The van der Waals surface area contributed by atoms with Crippen molar-refractivity contribution in [1.29, 1.82) is 0 Å². The Morgan fingerprint density at radius 1 is 1.13 bits per heavy atom. The normalized spacial score (nSPS) is 13.6. The van der Waals surface area contributed by atoms with Gasteiger partial charge in [0.05, 0.1) is 18.1 Å². The van der Waals surface area contributed by atoms with E-state index in [4.69, 9.17) is 23.4 Å². The number of methoxy groups -OCH3 is 1. The average Bonchev–Trinajstić information content (AvgIpc) is 2.79. The molecule has 2 aromatic carbocycles. The third-order valence-corrected chi connectivity index (χ3v) is 5.17. The first-order valence-corrected chi connectivity index (χ1v) is 10.2. The highest BCUT2D eigenvalue weighted by atomic mass is 16.6. The predicted molar refractivity (Wildman–Crippen MR) is 115 cm³/mol. The summed E-state index contributed by atoms with van der Waals surface area (Å²) in [4.78, 5) is 25.1. The van der Waals surface area contributed by atoms with Crippen LogP contribution in [0, 0.1) is 0 Å². The summed E-state index contributed by atoms with van der Waals surface area (Å²) in [5.74, 6) is 1.29. The molecule has 0 amide bonds. The van der Waals surface area contributed by atoms with Crippen molar-refractivity contribution in [2.45, 2.75) is 32.8 Å². The van der Waals surface area contributed by atoms with Gasteiger partial charge in [-0.1, -0.05) is 19.4 Å². The van der Waals surface area contributed by atoms with Gasteiger partial charge in [0.2, 0.25) is 5.43 Å². The molecule has 3 aromatic rings. The minimum Gasteiger partial charge on any atom is -0.486 e. The van der Waals surface area contributed by atoms with Gasteiger partial charge in [-0.3, -0.25) is 4.79 Å². The summed E-state index contributed by atoms with van der Waals surface area (Å²) in [5, 5.41) is 0.453. The SMILES string of the molecule is CCCc1cc2c(=O)c(-c3ccc4c(c3)OCCO4)coc2cc1OC(C)C(=O)OC. The summed E-state index contributed by atoms with van der Waals surface area (Å²) in [7, 11) is 1.31. The number of carbonyl (C=O) groups is 1. The Kier molecular flexibility index (Phi) is 5.84. The van der Waals surface area contributed by atoms with Crippen molar-refractivity contribution in [1.82, 2.24) is 0 Å². The molecule has 1 aromatic heterocycles. The second-order valence-electron chi connectivity index (χ2n) is 7.33. The van der Waals surface area contributed by atoms with Gasteiger partial charge in [0.15, 0.2) is 17.6 Å². The quantitative estimate of drug-likeness (QED) is 0.550. The molecule has 0 spiro atoms. The molecule has 0 fully saturated rings. The van der Waals surface area contributed by atoms with Gasteiger partial charge in [0, 0.05) is 6.07 Å². The van der Waals surface area contributed by atoms with Gasteiger partial charge in [0.1, 0.15) is 30.8 Å². The number of carbonyl (C=O) groups excluding carboxylic acids is 1. The summed E-state index contributed by atoms with van der Waals surface area (Å²) in [6.45, 7) is 4.62. The van der Waals surface area contributed by atoms with Crippen molar-refractivity contribution >= 4 is 16.9 Å². The monoisotopic (exact) mass is 424 g/mol. The maximum absolute atomic E-state index is 13.3. The fraction of sp³-hybridized carbons (Fsp3) is 0.333. The smallest absolute Gasteiger partial charge is 0.346 e. The number of hydrogen-bond acceptors (Lipinski definition) is 7. The lowest BCUT2D eigenvalue weighted by atomic mass is 10.0. The highest BCUT2D eigenvalue weighted by molar-refractivity contribution is 5.84. The molecule has 0 aliphatic carbocycles. The molecule has 162 valence electrons. The van der Waals surface area contributed by atoms with E-state index in [1.165, 1.54) is 13.4 Å². The Morgan fingerprint density at radius 3 is 2.65 bits per heavy atom. The van der Waals surface area contributed by atoms with Crippen LogP contribution in [0.15, 0.2) is 45.8 Å². The van der Waals surface area contributed by atoms with Crippen molar-refractivity contribution in [3.05, 3.63) is 52.4 Å². The summed E-state index contributed by atoms with van der Waals surface area (Å²) >= 11 is 0. The van der Waals surface area contributed by atoms with Crippen LogP contribution >= 0.6 is 0 Å². The number of esters is 1. The largest absolute Gasteiger partial charge is 0.486 e. The lowest BCUT2D eigenvalue weighted by molar-refractivity contribution is -0.147. The molecule has 2 heterocycles. The van der Waals surface area contributed by atoms with Gasteiger partial charge in [-0.2, -0.15) is 0 Å². The van der Waals surface area contributed by atoms with Crippen LogP contribution in [-0.2, 0) is 16.0 Å². The average molecular weight is 424 g/mol. The maximum atomic E-state index is 13.3. The summed E-state index contributed by atoms with van der Waals surface area (Å²) in [5.41, 5.74) is 2.19. The maximum Gasteiger partial charge on any atom is 0.346 e. The van der Waals surface area contributed by atoms with Gasteiger partial charge in [-0.15, -0.1) is 0 Å². The number of rotatable bonds is 6. The molecule has 31 heavy (non-hydrogen) atoms. The van der Waals surface area contributed by atoms with Crippen LogP contribution < -0.4 is 19.6 Å². The van der Waals surface area contributed by atoms with Gasteiger partial charge < -0.3 is 23.4 Å². The van der Waals surface area contributed by atoms with Crippen LogP contribution in [0.3, 0.4) is 0 Å². The van der Waals surface area contributed by atoms with Crippen LogP contribution in [0.25, 0.3) is 22.1 Å². The van der Waals surface area contributed by atoms with E-state index in [2.05, 4.69) is 0 Å². The first kappa shape index (κ1) is 20.8. The molecule has 0 N–H and O–H groups in total. The molecule has 4 rings (SSSR count). The number of aryl methyl sites for hydroxylation is 1. The van der Waals surface area contributed by atoms with E-state index in [9.17, 15) is 9.59 Å². The standard InChI is InChI=1S/C24H24O7/c1-4-5-16-10-17-21(12-20(16)31-14(2)24(26)27-3)30-13-18(23(17)25)15-6-7-19-22(11-15)29-9-8-28-19/h6-7,10-14H,4-5,8-9H2,1-3H3. The molecule has 7 nitrogen and oxygen atoms in total. The van der Waals surface area contributed by atoms with Crippen molar-refractivity contribution in [3.8, 4) is 28.4 Å². The van der Waals surface area contributed by atoms with E-state index >= 15 is 0 Å². The molecule has 1 aliphatic heterocycles. The Morgan fingerprint density at radius 2 is 1.90 bits per heavy atom. The van der Waals surface area contributed by atoms with Crippen molar-refractivity contribution in [2.75, 3.05) is 20.3 Å². The molecule has 0 saturated carbocycles. The lowest BCUT2D eigenvalue weighted by Crippen LogP contribution is -2.25. The van der Waals surface area contributed by atoms with E-state index in [-0.39, 0.29) is 5.43 Å². The zero-order valence-electron chi connectivity index (χ0n) is 17.7. The third-order valence-electron chi connectivity index (χ3n) is 5.17. The molecule has 1 atom stereocenters. The van der Waals surface area contributed by atoms with E-state index in [0.29, 0.717) is 59.0 Å². The van der Waals surface area contributed by atoms with E-state index in [1.54, 1.807) is 31.2 Å². The number of hydrogen-bond donors (Lipinski definition) is 0. The third kappa shape index (κ3) is 4.08. The molecule has 1 aliphatic rings. The van der Waals surface area contributed by atoms with Gasteiger partial charge in [-0.25, -0.2) is 4.79 Å². The summed E-state index contributed by atoms with van der Waals surface area (Å²) < 4.78 is 27.5. The molecule has 7 heteroatoms. The van der Waals surface area contributed by atoms with E-state index < -0.39 is 12.1 Å². The van der Waals surface area contributed by atoms with Gasteiger partial charge in [0.25, 0.3) is 0 Å². The van der Waals surface area contributed by atoms with E-state index in [0.717, 1.165) is 12.0 Å². The molecule has 0 radical (unpaired) electrons. The van der Waals surface area contributed by atoms with Crippen molar-refractivity contribution in [2.24, 2.45) is 0 Å². The molecular formula is C24H24O7. The summed E-state index contributed by atoms with van der Waals surface area (Å²) in [6, 6.07) is 8.84. The van der Waals surface area contributed by atoms with Crippen molar-refractivity contribution < 1.29 is 28.2 Å². The number of benzene rings is 2. The van der Waals surface area contributed by atoms with Crippen LogP contribution in [0.2, 0.25) is 0 Å². The predicted octanol–water partition coefficient (Wildman–Crippen LogP) is 4.12. The van der Waals surface area contributed by atoms with Gasteiger partial charge >= 0.3 is 5.97 Å². The zero-order valence-corrected chi connectivity index (χ0v) is 17.7. The fourth-order valence-electron chi connectivity index (χ4n) is 3.59. The Labute approximate surface area is 179 Å². The minimum absolute atomic E-state index is 0.150. The Balaban J connectivity index is 1.78. The first-order valence-electron chi connectivity index (χ1n) is 10.2. The molecule has 0 bridgehead atoms. The van der Waals surface area contributed by atoms with Crippen LogP contribution in [0.5, 0.6) is 17.2 Å². The zero-order chi connectivity index (χ0) is 22.0. The van der Waals surface area contributed by atoms with E-state index in [1.807, 2.05) is 13.0 Å². The Hall–Kier alpha value is -3.48. The Bertz CT molecular complexity index is 1180. The highest BCUT2D eigenvalue weighted by Crippen LogP contribution is 2.35. The molecule has 1 unspecified atom stereocenters. The van der Waals surface area contributed by atoms with Gasteiger partial charge in [-0.05, 0) is 42.7 Å². The van der Waals surface area contributed by atoms with Crippen LogP contribution in [-0.4, -0.2) is 32.4 Å². The number of fused-ring (bicyclic) bond motifs is 2. The first-order chi connectivity index (χ1) is 15.0. The second-order valence-corrected chi connectivity index (χ2v) is 7.33. The fourth-order valence-corrected chi connectivity index (χ4v) is 3.59.